The Labute approximate surface area is 187 Å². The van der Waals surface area contributed by atoms with Gasteiger partial charge in [-0.1, -0.05) is 25.8 Å². The average molecular weight is 461 g/mol. The largest absolute Gasteiger partial charge is 0.495 e. The zero-order chi connectivity index (χ0) is 22.9. The molecule has 2 aliphatic rings. The van der Waals surface area contributed by atoms with Gasteiger partial charge in [0.2, 0.25) is 21.8 Å². The Morgan fingerprint density at radius 2 is 1.81 bits per heavy atom. The van der Waals surface area contributed by atoms with Crippen LogP contribution in [0.25, 0.3) is 11.1 Å². The third-order valence-corrected chi connectivity index (χ3v) is 7.91. The summed E-state index contributed by atoms with van der Waals surface area (Å²) in [4.78, 5) is 24.8. The van der Waals surface area contributed by atoms with E-state index in [2.05, 4.69) is 10.4 Å². The van der Waals surface area contributed by atoms with E-state index in [0.717, 1.165) is 25.7 Å². The number of aryl methyl sites for hydroxylation is 1. The van der Waals surface area contributed by atoms with Gasteiger partial charge >= 0.3 is 0 Å². The molecule has 2 aromatic rings. The van der Waals surface area contributed by atoms with E-state index in [1.54, 1.807) is 18.2 Å². The lowest BCUT2D eigenvalue weighted by Crippen LogP contribution is -2.32. The molecule has 1 aromatic carbocycles. The van der Waals surface area contributed by atoms with E-state index in [1.807, 2.05) is 6.92 Å². The molecule has 0 saturated carbocycles. The van der Waals surface area contributed by atoms with Crippen molar-refractivity contribution in [3.8, 4) is 16.9 Å². The van der Waals surface area contributed by atoms with Gasteiger partial charge in [0.25, 0.3) is 0 Å². The minimum atomic E-state index is -3.78. The molecular formula is C22H28N4O5S. The van der Waals surface area contributed by atoms with Crippen molar-refractivity contribution in [1.29, 1.82) is 0 Å². The molecule has 1 saturated heterocycles. The van der Waals surface area contributed by atoms with Crippen LogP contribution in [0.5, 0.6) is 5.75 Å². The Morgan fingerprint density at radius 3 is 2.47 bits per heavy atom. The minimum Gasteiger partial charge on any atom is -0.495 e. The summed E-state index contributed by atoms with van der Waals surface area (Å²) >= 11 is 0. The number of hydrogen-bond donors (Lipinski definition) is 1. The van der Waals surface area contributed by atoms with E-state index in [-0.39, 0.29) is 41.1 Å². The lowest BCUT2D eigenvalue weighted by atomic mass is 10.0. The van der Waals surface area contributed by atoms with Crippen molar-refractivity contribution < 1.29 is 22.7 Å². The van der Waals surface area contributed by atoms with E-state index in [1.165, 1.54) is 16.1 Å². The van der Waals surface area contributed by atoms with E-state index in [9.17, 15) is 18.0 Å². The molecule has 10 heteroatoms. The lowest BCUT2D eigenvalue weighted by Gasteiger charge is -2.22. The molecule has 1 aromatic heterocycles. The van der Waals surface area contributed by atoms with Crippen LogP contribution < -0.4 is 10.1 Å². The molecule has 0 atom stereocenters. The molecule has 0 aliphatic carbocycles. The number of carbonyl (C=O) groups is 2. The number of amides is 1. The number of ether oxygens (including phenoxy) is 1. The van der Waals surface area contributed by atoms with Crippen LogP contribution in [0.3, 0.4) is 0 Å². The molecule has 0 radical (unpaired) electrons. The molecule has 4 rings (SSSR count). The fourth-order valence-electron chi connectivity index (χ4n) is 4.29. The van der Waals surface area contributed by atoms with E-state index in [4.69, 9.17) is 4.74 Å². The normalized spacial score (nSPS) is 17.9. The van der Waals surface area contributed by atoms with Crippen molar-refractivity contribution >= 4 is 27.7 Å². The zero-order valence-corrected chi connectivity index (χ0v) is 19.2. The first kappa shape index (κ1) is 22.5. The van der Waals surface area contributed by atoms with Gasteiger partial charge in [-0.05, 0) is 37.0 Å². The van der Waals surface area contributed by atoms with Gasteiger partial charge in [-0.3, -0.25) is 9.59 Å². The molecule has 1 fully saturated rings. The van der Waals surface area contributed by atoms with Gasteiger partial charge in [-0.15, -0.1) is 0 Å². The smallest absolute Gasteiger partial charge is 0.249 e. The van der Waals surface area contributed by atoms with E-state index < -0.39 is 10.0 Å². The number of anilines is 1. The van der Waals surface area contributed by atoms with Crippen LogP contribution in [0.1, 0.15) is 55.9 Å². The predicted molar refractivity (Wildman–Crippen MR) is 119 cm³/mol. The standard InChI is InChI=1S/C22H28N4O5S/c1-3-16-21(22-23-19(27)10-11-20(28)26(22)24-16)15-8-9-17(31-2)18(14-15)32(29,30)25-12-6-4-5-7-13-25/h8-9,14H,3-7,10-13H2,1-2H3,(H,23,27). The fraction of sp³-hybridized carbons (Fsp3) is 0.500. The Kier molecular flexibility index (Phi) is 6.34. The minimum absolute atomic E-state index is 0.0698. The van der Waals surface area contributed by atoms with Gasteiger partial charge in [0.05, 0.1) is 12.8 Å². The van der Waals surface area contributed by atoms with Crippen LogP contribution in [0, 0.1) is 0 Å². The Morgan fingerprint density at radius 1 is 1.09 bits per heavy atom. The summed E-state index contributed by atoms with van der Waals surface area (Å²) in [6, 6.07) is 4.92. The third kappa shape index (κ3) is 4.04. The quantitative estimate of drug-likeness (QED) is 0.734. The molecule has 0 unspecified atom stereocenters. The highest BCUT2D eigenvalue weighted by molar-refractivity contribution is 7.89. The lowest BCUT2D eigenvalue weighted by molar-refractivity contribution is -0.116. The van der Waals surface area contributed by atoms with Crippen LogP contribution >= 0.6 is 0 Å². The summed E-state index contributed by atoms with van der Waals surface area (Å²) in [7, 11) is -2.34. The predicted octanol–water partition coefficient (Wildman–Crippen LogP) is 3.06. The molecule has 172 valence electrons. The van der Waals surface area contributed by atoms with Crippen LogP contribution in [0.4, 0.5) is 5.82 Å². The summed E-state index contributed by atoms with van der Waals surface area (Å²) in [5.74, 6) is 0.00380. The average Bonchev–Trinajstić information content (AvgIpc) is 2.92. The van der Waals surface area contributed by atoms with Gasteiger partial charge in [-0.2, -0.15) is 14.1 Å². The number of carbonyl (C=O) groups excluding carboxylic acids is 2. The second-order valence-electron chi connectivity index (χ2n) is 8.06. The van der Waals surface area contributed by atoms with Gasteiger partial charge in [-0.25, -0.2) is 8.42 Å². The Balaban J connectivity index is 1.86. The number of benzene rings is 1. The van der Waals surface area contributed by atoms with Crippen molar-refractivity contribution in [2.24, 2.45) is 0 Å². The van der Waals surface area contributed by atoms with Gasteiger partial charge in [0.1, 0.15) is 16.5 Å². The van der Waals surface area contributed by atoms with E-state index in [0.29, 0.717) is 36.3 Å². The number of aromatic nitrogens is 2. The molecule has 9 nitrogen and oxygen atoms in total. The number of nitrogens with one attached hydrogen (secondary N) is 1. The molecule has 0 spiro atoms. The molecule has 3 heterocycles. The number of methoxy groups -OCH3 is 1. The first-order valence-electron chi connectivity index (χ1n) is 11.0. The van der Waals surface area contributed by atoms with Gasteiger partial charge in [0, 0.05) is 31.5 Å². The SMILES string of the molecule is CCc1nn2c(c1-c1ccc(OC)c(S(=O)(=O)N3CCCCCC3)c1)NC(=O)CCC2=O. The highest BCUT2D eigenvalue weighted by Gasteiger charge is 2.31. The number of nitrogens with zero attached hydrogens (tertiary/aromatic N) is 3. The summed E-state index contributed by atoms with van der Waals surface area (Å²) < 4.78 is 35.2. The van der Waals surface area contributed by atoms with Gasteiger partial charge < -0.3 is 10.1 Å². The number of sulfonamides is 1. The fourth-order valence-corrected chi connectivity index (χ4v) is 5.98. The summed E-state index contributed by atoms with van der Waals surface area (Å²) in [6.07, 6.45) is 4.34. The highest BCUT2D eigenvalue weighted by atomic mass is 32.2. The van der Waals surface area contributed by atoms with Crippen LogP contribution in [0.2, 0.25) is 0 Å². The molecular weight excluding hydrogens is 432 g/mol. The summed E-state index contributed by atoms with van der Waals surface area (Å²) in [5, 5.41) is 7.20. The first-order chi connectivity index (χ1) is 15.4. The second kappa shape index (κ2) is 9.03. The topological polar surface area (TPSA) is 111 Å². The van der Waals surface area contributed by atoms with Crippen molar-refractivity contribution in [1.82, 2.24) is 14.1 Å². The molecule has 0 bridgehead atoms. The van der Waals surface area contributed by atoms with Crippen LogP contribution in [0.15, 0.2) is 23.1 Å². The monoisotopic (exact) mass is 460 g/mol. The second-order valence-corrected chi connectivity index (χ2v) is 9.97. The highest BCUT2D eigenvalue weighted by Crippen LogP contribution is 2.38. The Hall–Kier alpha value is -2.72. The molecule has 1 N–H and O–H groups in total. The van der Waals surface area contributed by atoms with Crippen molar-refractivity contribution in [3.63, 3.8) is 0 Å². The molecule has 2 aliphatic heterocycles. The maximum atomic E-state index is 13.5. The first-order valence-corrected chi connectivity index (χ1v) is 12.4. The number of rotatable bonds is 5. The van der Waals surface area contributed by atoms with Crippen LogP contribution in [-0.2, 0) is 21.2 Å². The van der Waals surface area contributed by atoms with E-state index >= 15 is 0 Å². The molecule has 32 heavy (non-hydrogen) atoms. The van der Waals surface area contributed by atoms with Gasteiger partial charge in [0.15, 0.2) is 0 Å². The Bertz CT molecular complexity index is 1150. The maximum Gasteiger partial charge on any atom is 0.249 e. The number of hydrogen-bond acceptors (Lipinski definition) is 6. The maximum absolute atomic E-state index is 13.5. The molecule has 1 amide bonds. The van der Waals surface area contributed by atoms with Crippen molar-refractivity contribution in [2.75, 3.05) is 25.5 Å². The number of fused-ring (bicyclic) bond motifs is 1. The summed E-state index contributed by atoms with van der Waals surface area (Å²) in [5.41, 5.74) is 1.73. The third-order valence-electron chi connectivity index (χ3n) is 5.99. The van der Waals surface area contributed by atoms with Crippen molar-refractivity contribution in [3.05, 3.63) is 23.9 Å². The van der Waals surface area contributed by atoms with Crippen LogP contribution in [-0.4, -0.2) is 54.5 Å². The summed E-state index contributed by atoms with van der Waals surface area (Å²) in [6.45, 7) is 2.85. The van der Waals surface area contributed by atoms with Crippen molar-refractivity contribution in [2.45, 2.75) is 56.8 Å². The zero-order valence-electron chi connectivity index (χ0n) is 18.4.